The lowest BCUT2D eigenvalue weighted by Gasteiger charge is -2.28. The van der Waals surface area contributed by atoms with Crippen LogP contribution >= 0.6 is 0 Å². The van der Waals surface area contributed by atoms with Gasteiger partial charge < -0.3 is 4.74 Å². The predicted molar refractivity (Wildman–Crippen MR) is 108 cm³/mol. The molecule has 0 amide bonds. The molecule has 0 saturated heterocycles. The van der Waals surface area contributed by atoms with E-state index in [4.69, 9.17) is 4.74 Å². The Morgan fingerprint density at radius 1 is 0.963 bits per heavy atom. The average Bonchev–Trinajstić information content (AvgIpc) is 2.66. The molecule has 0 unspecified atom stereocenters. The summed E-state index contributed by atoms with van der Waals surface area (Å²) in [5.41, 5.74) is 3.81. The van der Waals surface area contributed by atoms with Crippen LogP contribution in [-0.2, 0) is 0 Å². The largest absolute Gasteiger partial charge is 0.490 e. The van der Waals surface area contributed by atoms with Crippen molar-refractivity contribution in [3.8, 4) is 16.9 Å². The molecule has 2 aromatic carbocycles. The summed E-state index contributed by atoms with van der Waals surface area (Å²) in [6.07, 6.45) is 7.36. The summed E-state index contributed by atoms with van der Waals surface area (Å²) in [5, 5.41) is 0. The summed E-state index contributed by atoms with van der Waals surface area (Å²) in [6.45, 7) is 7.00. The molecule has 0 N–H and O–H groups in total. The van der Waals surface area contributed by atoms with Crippen molar-refractivity contribution < 1.29 is 13.5 Å². The second-order valence-corrected chi connectivity index (χ2v) is 8.12. The van der Waals surface area contributed by atoms with E-state index in [0.29, 0.717) is 17.6 Å². The lowest BCUT2D eigenvalue weighted by atomic mass is 9.77. The molecule has 144 valence electrons. The Hall–Kier alpha value is -2.16. The van der Waals surface area contributed by atoms with Gasteiger partial charge in [0.2, 0.25) is 5.82 Å². The summed E-state index contributed by atoms with van der Waals surface area (Å²) < 4.78 is 34.2. The fourth-order valence-electron chi connectivity index (χ4n) is 3.40. The van der Waals surface area contributed by atoms with Gasteiger partial charge in [0.25, 0.3) is 0 Å². The Morgan fingerprint density at radius 3 is 2.30 bits per heavy atom. The first-order valence-electron chi connectivity index (χ1n) is 9.82. The third-order valence-electron chi connectivity index (χ3n) is 5.34. The van der Waals surface area contributed by atoms with Gasteiger partial charge in [0.15, 0.2) is 11.6 Å². The molecule has 27 heavy (non-hydrogen) atoms. The number of unbranched alkanes of at least 4 members (excludes halogenated alkanes) is 1. The summed E-state index contributed by atoms with van der Waals surface area (Å²) in [7, 11) is 0. The maximum absolute atomic E-state index is 14.5. The van der Waals surface area contributed by atoms with Crippen molar-refractivity contribution in [1.82, 2.24) is 0 Å². The highest BCUT2D eigenvalue weighted by molar-refractivity contribution is 5.71. The van der Waals surface area contributed by atoms with Crippen molar-refractivity contribution in [3.63, 3.8) is 0 Å². The van der Waals surface area contributed by atoms with Gasteiger partial charge >= 0.3 is 0 Å². The number of halogens is 2. The van der Waals surface area contributed by atoms with E-state index >= 15 is 0 Å². The molecular formula is C24H28F2O. The SMILES string of the molecule is CCCCOc1ccc(-c2ccc(C3=CCC(C)(C)CC3)cc2)c(F)c1F. The predicted octanol–water partition coefficient (Wildman–Crippen LogP) is 7.40. The van der Waals surface area contributed by atoms with Gasteiger partial charge in [-0.25, -0.2) is 4.39 Å². The lowest BCUT2D eigenvalue weighted by molar-refractivity contribution is 0.289. The molecule has 0 atom stereocenters. The van der Waals surface area contributed by atoms with E-state index in [9.17, 15) is 8.78 Å². The molecule has 0 saturated carbocycles. The highest BCUT2D eigenvalue weighted by Crippen LogP contribution is 2.38. The Morgan fingerprint density at radius 2 is 1.67 bits per heavy atom. The Kier molecular flexibility index (Phi) is 5.98. The van der Waals surface area contributed by atoms with E-state index in [1.165, 1.54) is 18.1 Å². The molecule has 3 rings (SSSR count). The van der Waals surface area contributed by atoms with Gasteiger partial charge in [-0.15, -0.1) is 0 Å². The Bertz CT molecular complexity index is 819. The van der Waals surface area contributed by atoms with Gasteiger partial charge in [0.1, 0.15) is 0 Å². The van der Waals surface area contributed by atoms with Crippen molar-refractivity contribution in [2.75, 3.05) is 6.61 Å². The number of rotatable bonds is 6. The van der Waals surface area contributed by atoms with Crippen LogP contribution < -0.4 is 4.74 Å². The van der Waals surface area contributed by atoms with E-state index in [1.54, 1.807) is 6.07 Å². The normalized spacial score (nSPS) is 16.1. The Balaban J connectivity index is 1.79. The maximum Gasteiger partial charge on any atom is 0.201 e. The van der Waals surface area contributed by atoms with Gasteiger partial charge in [-0.05, 0) is 59.9 Å². The van der Waals surface area contributed by atoms with Crippen molar-refractivity contribution >= 4 is 5.57 Å². The number of ether oxygens (including phenoxy) is 1. The van der Waals surface area contributed by atoms with Crippen molar-refractivity contribution in [3.05, 3.63) is 59.7 Å². The number of allylic oxidation sites excluding steroid dienone is 2. The minimum Gasteiger partial charge on any atom is -0.490 e. The molecule has 0 aliphatic heterocycles. The molecule has 0 fully saturated rings. The Labute approximate surface area is 161 Å². The zero-order valence-electron chi connectivity index (χ0n) is 16.4. The minimum absolute atomic E-state index is 0.0173. The summed E-state index contributed by atoms with van der Waals surface area (Å²) in [6, 6.07) is 10.8. The molecular weight excluding hydrogens is 342 g/mol. The maximum atomic E-state index is 14.5. The van der Waals surface area contributed by atoms with E-state index in [0.717, 1.165) is 31.2 Å². The van der Waals surface area contributed by atoms with Gasteiger partial charge in [-0.3, -0.25) is 0 Å². The topological polar surface area (TPSA) is 9.23 Å². The highest BCUT2D eigenvalue weighted by atomic mass is 19.2. The molecule has 0 bridgehead atoms. The first-order valence-corrected chi connectivity index (χ1v) is 9.82. The van der Waals surface area contributed by atoms with Crippen molar-refractivity contribution in [1.29, 1.82) is 0 Å². The lowest BCUT2D eigenvalue weighted by Crippen LogP contribution is -2.13. The van der Waals surface area contributed by atoms with Crippen LogP contribution in [0.5, 0.6) is 5.75 Å². The van der Waals surface area contributed by atoms with Gasteiger partial charge in [0.05, 0.1) is 6.61 Å². The molecule has 2 aromatic rings. The number of hydrogen-bond donors (Lipinski definition) is 0. The molecule has 1 aliphatic rings. The number of benzene rings is 2. The van der Waals surface area contributed by atoms with E-state index in [2.05, 4.69) is 19.9 Å². The van der Waals surface area contributed by atoms with Crippen LogP contribution in [0, 0.1) is 17.0 Å². The van der Waals surface area contributed by atoms with Crippen LogP contribution in [0.15, 0.2) is 42.5 Å². The second-order valence-electron chi connectivity index (χ2n) is 8.12. The summed E-state index contributed by atoms with van der Waals surface area (Å²) >= 11 is 0. The van der Waals surface area contributed by atoms with Gasteiger partial charge in [-0.1, -0.05) is 57.5 Å². The molecule has 3 heteroatoms. The molecule has 0 aromatic heterocycles. The smallest absolute Gasteiger partial charge is 0.201 e. The van der Waals surface area contributed by atoms with Crippen molar-refractivity contribution in [2.24, 2.45) is 5.41 Å². The highest BCUT2D eigenvalue weighted by Gasteiger charge is 2.22. The zero-order valence-corrected chi connectivity index (χ0v) is 16.4. The molecule has 0 heterocycles. The standard InChI is InChI=1S/C24H28F2O/c1-4-5-16-27-21-11-10-20(22(25)23(21)26)19-8-6-17(7-9-19)18-12-14-24(2,3)15-13-18/h6-12H,4-5,13-16H2,1-3H3. The van der Waals surface area contributed by atoms with E-state index < -0.39 is 11.6 Å². The summed E-state index contributed by atoms with van der Waals surface area (Å²) in [5.74, 6) is -1.78. The van der Waals surface area contributed by atoms with Crippen LogP contribution in [0.3, 0.4) is 0 Å². The zero-order chi connectivity index (χ0) is 19.4. The fraction of sp³-hybridized carbons (Fsp3) is 0.417. The van der Waals surface area contributed by atoms with E-state index in [-0.39, 0.29) is 11.3 Å². The van der Waals surface area contributed by atoms with Crippen LogP contribution in [0.1, 0.15) is 58.4 Å². The van der Waals surface area contributed by atoms with Crippen LogP contribution in [0.4, 0.5) is 8.78 Å². The van der Waals surface area contributed by atoms with Crippen LogP contribution in [-0.4, -0.2) is 6.61 Å². The molecule has 1 nitrogen and oxygen atoms in total. The fourth-order valence-corrected chi connectivity index (χ4v) is 3.40. The van der Waals surface area contributed by atoms with Gasteiger partial charge in [0, 0.05) is 5.56 Å². The molecule has 0 radical (unpaired) electrons. The van der Waals surface area contributed by atoms with Gasteiger partial charge in [-0.2, -0.15) is 4.39 Å². The monoisotopic (exact) mass is 370 g/mol. The second kappa shape index (κ2) is 8.24. The van der Waals surface area contributed by atoms with Crippen LogP contribution in [0.2, 0.25) is 0 Å². The quantitative estimate of drug-likeness (QED) is 0.481. The number of hydrogen-bond acceptors (Lipinski definition) is 1. The molecule has 0 spiro atoms. The minimum atomic E-state index is -0.912. The first-order chi connectivity index (χ1) is 12.9. The van der Waals surface area contributed by atoms with E-state index in [1.807, 2.05) is 31.2 Å². The van der Waals surface area contributed by atoms with Crippen LogP contribution in [0.25, 0.3) is 16.7 Å². The molecule has 1 aliphatic carbocycles. The third-order valence-corrected chi connectivity index (χ3v) is 5.34. The average molecular weight is 370 g/mol. The van der Waals surface area contributed by atoms with Crippen molar-refractivity contribution in [2.45, 2.75) is 52.9 Å². The summed E-state index contributed by atoms with van der Waals surface area (Å²) in [4.78, 5) is 0. The first kappa shape index (κ1) is 19.6. The third kappa shape index (κ3) is 4.58.